The molecular formula is C17H19F3N4O2. The molecule has 0 bridgehead atoms. The summed E-state index contributed by atoms with van der Waals surface area (Å²) in [6, 6.07) is 7.87. The highest BCUT2D eigenvalue weighted by Gasteiger charge is 2.33. The number of methoxy groups -OCH3 is 1. The van der Waals surface area contributed by atoms with Crippen LogP contribution in [0.1, 0.15) is 16.1 Å². The average Bonchev–Trinajstić information content (AvgIpc) is 3.11. The van der Waals surface area contributed by atoms with E-state index in [0.29, 0.717) is 37.5 Å². The summed E-state index contributed by atoms with van der Waals surface area (Å²) in [7, 11) is 1.56. The first kappa shape index (κ1) is 18.2. The zero-order valence-corrected chi connectivity index (χ0v) is 14.2. The van der Waals surface area contributed by atoms with Crippen molar-refractivity contribution in [1.29, 1.82) is 0 Å². The molecule has 1 aromatic carbocycles. The summed E-state index contributed by atoms with van der Waals surface area (Å²) in [6.45, 7) is 2.43. The lowest BCUT2D eigenvalue weighted by Gasteiger charge is -2.34. The molecule has 0 saturated carbocycles. The summed E-state index contributed by atoms with van der Waals surface area (Å²) in [5, 5.41) is 3.55. The number of ether oxygens (including phenoxy) is 1. The van der Waals surface area contributed by atoms with E-state index in [9.17, 15) is 18.0 Å². The molecule has 1 aromatic heterocycles. The van der Waals surface area contributed by atoms with E-state index in [1.807, 2.05) is 4.90 Å². The second-order valence-electron chi connectivity index (χ2n) is 6.02. The van der Waals surface area contributed by atoms with Crippen molar-refractivity contribution in [3.8, 4) is 5.75 Å². The first-order valence-corrected chi connectivity index (χ1v) is 8.13. The fourth-order valence-electron chi connectivity index (χ4n) is 2.81. The van der Waals surface area contributed by atoms with Crippen molar-refractivity contribution in [2.75, 3.05) is 33.3 Å². The standard InChI is InChI=1S/C17H19F3N4O2/c1-26-14-4-2-13(3-5-14)16(25)23-10-8-22(9-11-23)12-24-7-6-15(21-24)17(18,19)20/h2-7H,8-12H2,1H3. The predicted molar refractivity (Wildman–Crippen MR) is 87.7 cm³/mol. The number of benzene rings is 1. The number of piperazine rings is 1. The summed E-state index contributed by atoms with van der Waals surface area (Å²) < 4.78 is 44.1. The molecule has 2 aromatic rings. The minimum atomic E-state index is -4.44. The zero-order chi connectivity index (χ0) is 18.7. The molecule has 0 radical (unpaired) electrons. The van der Waals surface area contributed by atoms with Gasteiger partial charge in [0.2, 0.25) is 0 Å². The van der Waals surface area contributed by atoms with Gasteiger partial charge in [-0.05, 0) is 30.3 Å². The largest absolute Gasteiger partial charge is 0.497 e. The molecule has 6 nitrogen and oxygen atoms in total. The first-order chi connectivity index (χ1) is 12.4. The van der Waals surface area contributed by atoms with Crippen molar-refractivity contribution in [2.45, 2.75) is 12.8 Å². The van der Waals surface area contributed by atoms with Gasteiger partial charge in [0.15, 0.2) is 5.69 Å². The molecule has 3 rings (SSSR count). The lowest BCUT2D eigenvalue weighted by molar-refractivity contribution is -0.141. The van der Waals surface area contributed by atoms with Gasteiger partial charge in [-0.15, -0.1) is 0 Å². The Kier molecular flexibility index (Phi) is 5.17. The number of halogens is 3. The van der Waals surface area contributed by atoms with Gasteiger partial charge in [-0.2, -0.15) is 18.3 Å². The molecule has 0 atom stereocenters. The third kappa shape index (κ3) is 4.16. The highest BCUT2D eigenvalue weighted by molar-refractivity contribution is 5.94. The number of alkyl halides is 3. The van der Waals surface area contributed by atoms with E-state index in [-0.39, 0.29) is 12.6 Å². The van der Waals surface area contributed by atoms with Gasteiger partial charge < -0.3 is 9.64 Å². The van der Waals surface area contributed by atoms with Crippen molar-refractivity contribution in [2.24, 2.45) is 0 Å². The smallest absolute Gasteiger partial charge is 0.435 e. The van der Waals surface area contributed by atoms with E-state index < -0.39 is 11.9 Å². The fraction of sp³-hybridized carbons (Fsp3) is 0.412. The van der Waals surface area contributed by atoms with Crippen LogP contribution in [-0.4, -0.2) is 58.8 Å². The Bertz CT molecular complexity index is 750. The van der Waals surface area contributed by atoms with Crippen LogP contribution in [0.25, 0.3) is 0 Å². The van der Waals surface area contributed by atoms with Crippen molar-refractivity contribution < 1.29 is 22.7 Å². The van der Waals surface area contributed by atoms with Crippen LogP contribution in [0.15, 0.2) is 36.5 Å². The van der Waals surface area contributed by atoms with E-state index in [4.69, 9.17) is 4.74 Å². The number of hydrogen-bond acceptors (Lipinski definition) is 4. The Hall–Kier alpha value is -2.55. The normalized spacial score (nSPS) is 15.9. The van der Waals surface area contributed by atoms with Gasteiger partial charge in [-0.3, -0.25) is 14.4 Å². The molecule has 1 aliphatic heterocycles. The van der Waals surface area contributed by atoms with Crippen molar-refractivity contribution >= 4 is 5.91 Å². The second-order valence-corrected chi connectivity index (χ2v) is 6.02. The molecule has 1 aliphatic rings. The minimum Gasteiger partial charge on any atom is -0.497 e. The molecule has 140 valence electrons. The van der Waals surface area contributed by atoms with E-state index in [1.165, 1.54) is 10.9 Å². The maximum absolute atomic E-state index is 12.6. The minimum absolute atomic E-state index is 0.0641. The second kappa shape index (κ2) is 7.36. The Balaban J connectivity index is 1.53. The summed E-state index contributed by atoms with van der Waals surface area (Å²) in [4.78, 5) is 16.2. The fourth-order valence-corrected chi connectivity index (χ4v) is 2.81. The monoisotopic (exact) mass is 368 g/mol. The van der Waals surface area contributed by atoms with Crippen LogP contribution in [0.2, 0.25) is 0 Å². The van der Waals surface area contributed by atoms with Gasteiger partial charge in [-0.1, -0.05) is 0 Å². The van der Waals surface area contributed by atoms with Crippen molar-refractivity contribution in [3.05, 3.63) is 47.8 Å². The van der Waals surface area contributed by atoms with Crippen molar-refractivity contribution in [3.63, 3.8) is 0 Å². The summed E-state index contributed by atoms with van der Waals surface area (Å²) in [5.41, 5.74) is -0.313. The number of hydrogen-bond donors (Lipinski definition) is 0. The number of rotatable bonds is 4. The predicted octanol–water partition coefficient (Wildman–Crippen LogP) is 2.33. The van der Waals surface area contributed by atoms with Crippen LogP contribution in [-0.2, 0) is 12.8 Å². The number of amides is 1. The molecule has 2 heterocycles. The zero-order valence-electron chi connectivity index (χ0n) is 14.2. The van der Waals surface area contributed by atoms with E-state index in [2.05, 4.69) is 5.10 Å². The highest BCUT2D eigenvalue weighted by Crippen LogP contribution is 2.27. The molecule has 0 unspecified atom stereocenters. The molecule has 1 amide bonds. The first-order valence-electron chi connectivity index (χ1n) is 8.13. The number of carbonyl (C=O) groups excluding carboxylic acids is 1. The van der Waals surface area contributed by atoms with E-state index in [1.54, 1.807) is 36.3 Å². The van der Waals surface area contributed by atoms with Gasteiger partial charge in [0.05, 0.1) is 13.8 Å². The molecule has 1 fully saturated rings. The van der Waals surface area contributed by atoms with Gasteiger partial charge in [0.25, 0.3) is 5.91 Å². The Morgan fingerprint density at radius 2 is 1.77 bits per heavy atom. The number of carbonyl (C=O) groups is 1. The van der Waals surface area contributed by atoms with Crippen LogP contribution in [0.3, 0.4) is 0 Å². The number of aromatic nitrogens is 2. The topological polar surface area (TPSA) is 50.6 Å². The molecule has 0 N–H and O–H groups in total. The van der Waals surface area contributed by atoms with Gasteiger partial charge in [0, 0.05) is 37.9 Å². The Labute approximate surface area is 148 Å². The number of nitrogens with zero attached hydrogens (tertiary/aromatic N) is 4. The van der Waals surface area contributed by atoms with Crippen LogP contribution in [0.4, 0.5) is 13.2 Å². The van der Waals surface area contributed by atoms with E-state index >= 15 is 0 Å². The summed E-state index contributed by atoms with van der Waals surface area (Å²) in [6.07, 6.45) is -3.12. The molecule has 0 aliphatic carbocycles. The molecule has 26 heavy (non-hydrogen) atoms. The molecule has 0 spiro atoms. The Morgan fingerprint density at radius 1 is 1.12 bits per heavy atom. The average molecular weight is 368 g/mol. The van der Waals surface area contributed by atoms with Gasteiger partial charge in [-0.25, -0.2) is 0 Å². The molecule has 1 saturated heterocycles. The molecular weight excluding hydrogens is 349 g/mol. The lowest BCUT2D eigenvalue weighted by Crippen LogP contribution is -2.49. The van der Waals surface area contributed by atoms with Gasteiger partial charge >= 0.3 is 6.18 Å². The molecule has 9 heteroatoms. The maximum atomic E-state index is 12.6. The third-order valence-corrected chi connectivity index (χ3v) is 4.27. The Morgan fingerprint density at radius 3 is 2.31 bits per heavy atom. The quantitative estimate of drug-likeness (QED) is 0.831. The van der Waals surface area contributed by atoms with Crippen LogP contribution in [0.5, 0.6) is 5.75 Å². The third-order valence-electron chi connectivity index (χ3n) is 4.27. The van der Waals surface area contributed by atoms with Crippen molar-refractivity contribution in [1.82, 2.24) is 19.6 Å². The van der Waals surface area contributed by atoms with Gasteiger partial charge in [0.1, 0.15) is 5.75 Å². The summed E-state index contributed by atoms with van der Waals surface area (Å²) in [5.74, 6) is 0.620. The highest BCUT2D eigenvalue weighted by atomic mass is 19.4. The SMILES string of the molecule is COc1ccc(C(=O)N2CCN(Cn3ccc(C(F)(F)F)n3)CC2)cc1. The lowest BCUT2D eigenvalue weighted by atomic mass is 10.1. The van der Waals surface area contributed by atoms with Crippen LogP contribution < -0.4 is 4.74 Å². The van der Waals surface area contributed by atoms with Crippen LogP contribution >= 0.6 is 0 Å². The van der Waals surface area contributed by atoms with Crippen LogP contribution in [0, 0.1) is 0 Å². The van der Waals surface area contributed by atoms with E-state index in [0.717, 1.165) is 6.07 Å². The summed E-state index contributed by atoms with van der Waals surface area (Å²) >= 11 is 0. The maximum Gasteiger partial charge on any atom is 0.435 e.